The third-order valence-corrected chi connectivity index (χ3v) is 8.57. The lowest BCUT2D eigenvalue weighted by molar-refractivity contribution is 0.0228. The van der Waals surface area contributed by atoms with Gasteiger partial charge in [0, 0.05) is 31.2 Å². The van der Waals surface area contributed by atoms with Crippen molar-refractivity contribution in [2.75, 3.05) is 32.1 Å². The maximum Gasteiger partial charge on any atom is 0.253 e. The number of aryl methyl sites for hydroxylation is 1. The highest BCUT2D eigenvalue weighted by Gasteiger charge is 2.62. The standard InChI is InChI=1S/C19H25NO4S/c1-14-2-6-16(7-3-14)18(21)20-12-19(13-20)17(8-9-25(19,22)23)11-24-10-15-4-5-15/h2-3,6-7,15,17H,4-5,8-13H2,1H3. The summed E-state index contributed by atoms with van der Waals surface area (Å²) in [5, 5.41) is 0. The van der Waals surface area contributed by atoms with E-state index in [1.165, 1.54) is 12.8 Å². The van der Waals surface area contributed by atoms with E-state index in [9.17, 15) is 13.2 Å². The molecule has 0 N–H and O–H groups in total. The van der Waals surface area contributed by atoms with Crippen LogP contribution in [0.3, 0.4) is 0 Å². The Balaban J connectivity index is 1.43. The number of hydrogen-bond donors (Lipinski definition) is 0. The maximum absolute atomic E-state index is 12.6. The molecule has 1 aromatic carbocycles. The van der Waals surface area contributed by atoms with E-state index in [0.717, 1.165) is 12.2 Å². The molecule has 2 saturated heterocycles. The van der Waals surface area contributed by atoms with Gasteiger partial charge in [0.15, 0.2) is 9.84 Å². The van der Waals surface area contributed by atoms with Crippen LogP contribution in [-0.4, -0.2) is 56.0 Å². The molecule has 0 aromatic heterocycles. The van der Waals surface area contributed by atoms with Gasteiger partial charge in [0.1, 0.15) is 4.75 Å². The second-order valence-corrected chi connectivity index (χ2v) is 10.3. The van der Waals surface area contributed by atoms with Crippen LogP contribution in [0.4, 0.5) is 0 Å². The zero-order valence-corrected chi connectivity index (χ0v) is 15.4. The Kier molecular flexibility index (Phi) is 4.15. The molecule has 2 heterocycles. The summed E-state index contributed by atoms with van der Waals surface area (Å²) < 4.78 is 30.3. The summed E-state index contributed by atoms with van der Waals surface area (Å²) in [5.41, 5.74) is 1.72. The van der Waals surface area contributed by atoms with Gasteiger partial charge in [0.05, 0.1) is 12.4 Å². The van der Waals surface area contributed by atoms with E-state index >= 15 is 0 Å². The molecule has 2 aliphatic heterocycles. The normalized spacial score (nSPS) is 26.6. The number of sulfone groups is 1. The number of amides is 1. The minimum absolute atomic E-state index is 0.0123. The molecule has 1 atom stereocenters. The van der Waals surface area contributed by atoms with Crippen LogP contribution in [0.1, 0.15) is 35.2 Å². The van der Waals surface area contributed by atoms with Crippen LogP contribution >= 0.6 is 0 Å². The smallest absolute Gasteiger partial charge is 0.253 e. The molecule has 1 aliphatic carbocycles. The van der Waals surface area contributed by atoms with E-state index < -0.39 is 14.6 Å². The lowest BCUT2D eigenvalue weighted by atomic mass is 9.83. The number of hydrogen-bond acceptors (Lipinski definition) is 4. The fraction of sp³-hybridized carbons (Fsp3) is 0.632. The van der Waals surface area contributed by atoms with E-state index in [1.54, 1.807) is 4.90 Å². The SMILES string of the molecule is Cc1ccc(C(=O)N2CC3(C2)C(COCC2CC2)CCS3(=O)=O)cc1. The van der Waals surface area contributed by atoms with E-state index in [1.807, 2.05) is 31.2 Å². The number of ether oxygens (including phenoxy) is 1. The highest BCUT2D eigenvalue weighted by Crippen LogP contribution is 2.45. The second-order valence-electron chi connectivity index (χ2n) is 7.88. The van der Waals surface area contributed by atoms with Crippen molar-refractivity contribution < 1.29 is 17.9 Å². The largest absolute Gasteiger partial charge is 0.381 e. The topological polar surface area (TPSA) is 63.7 Å². The Morgan fingerprint density at radius 1 is 1.16 bits per heavy atom. The molecule has 1 saturated carbocycles. The van der Waals surface area contributed by atoms with E-state index in [-0.39, 0.29) is 17.6 Å². The van der Waals surface area contributed by atoms with Crippen LogP contribution in [0.5, 0.6) is 0 Å². The molecule has 6 heteroatoms. The van der Waals surface area contributed by atoms with Gasteiger partial charge in [-0.3, -0.25) is 4.79 Å². The van der Waals surface area contributed by atoms with Crippen molar-refractivity contribution in [3.05, 3.63) is 35.4 Å². The summed E-state index contributed by atoms with van der Waals surface area (Å²) in [7, 11) is -3.16. The number of rotatable bonds is 5. The van der Waals surface area contributed by atoms with Crippen molar-refractivity contribution in [2.24, 2.45) is 11.8 Å². The van der Waals surface area contributed by atoms with Crippen molar-refractivity contribution >= 4 is 15.7 Å². The van der Waals surface area contributed by atoms with Gasteiger partial charge in [0.2, 0.25) is 0 Å². The van der Waals surface area contributed by atoms with Gasteiger partial charge >= 0.3 is 0 Å². The number of likely N-dealkylation sites (tertiary alicyclic amines) is 1. The first-order valence-electron chi connectivity index (χ1n) is 9.07. The van der Waals surface area contributed by atoms with Crippen molar-refractivity contribution in [1.29, 1.82) is 0 Å². The Hall–Kier alpha value is -1.40. The highest BCUT2D eigenvalue weighted by atomic mass is 32.2. The highest BCUT2D eigenvalue weighted by molar-refractivity contribution is 7.93. The number of benzene rings is 1. The number of carbonyl (C=O) groups is 1. The van der Waals surface area contributed by atoms with Crippen molar-refractivity contribution in [3.63, 3.8) is 0 Å². The predicted octanol–water partition coefficient (Wildman–Crippen LogP) is 2.05. The van der Waals surface area contributed by atoms with Crippen molar-refractivity contribution in [2.45, 2.75) is 30.9 Å². The van der Waals surface area contributed by atoms with Gasteiger partial charge in [-0.25, -0.2) is 8.42 Å². The maximum atomic E-state index is 12.6. The molecule has 1 unspecified atom stereocenters. The molecule has 3 fully saturated rings. The minimum atomic E-state index is -3.16. The molecule has 4 rings (SSSR count). The Bertz CT molecular complexity index is 761. The van der Waals surface area contributed by atoms with Crippen LogP contribution in [-0.2, 0) is 14.6 Å². The molecule has 1 amide bonds. The number of nitrogens with zero attached hydrogens (tertiary/aromatic N) is 1. The summed E-state index contributed by atoms with van der Waals surface area (Å²) >= 11 is 0. The van der Waals surface area contributed by atoms with Crippen LogP contribution in [0.25, 0.3) is 0 Å². The third-order valence-electron chi connectivity index (χ3n) is 5.97. The van der Waals surface area contributed by atoms with Crippen LogP contribution < -0.4 is 0 Å². The summed E-state index contributed by atoms with van der Waals surface area (Å²) in [6, 6.07) is 7.43. The third kappa shape index (κ3) is 2.99. The summed E-state index contributed by atoms with van der Waals surface area (Å²) in [4.78, 5) is 14.3. The molecule has 5 nitrogen and oxygen atoms in total. The molecule has 136 valence electrons. The first-order chi connectivity index (χ1) is 11.9. The molecular weight excluding hydrogens is 338 g/mol. The zero-order chi connectivity index (χ0) is 17.7. The molecular formula is C19H25NO4S. The molecule has 1 aromatic rings. The Morgan fingerprint density at radius 2 is 1.84 bits per heavy atom. The van der Waals surface area contributed by atoms with Gasteiger partial charge in [-0.05, 0) is 44.2 Å². The second kappa shape index (κ2) is 6.09. The lowest BCUT2D eigenvalue weighted by Gasteiger charge is -2.49. The minimum Gasteiger partial charge on any atom is -0.381 e. The average Bonchev–Trinajstić information content (AvgIpc) is 3.31. The van der Waals surface area contributed by atoms with Crippen LogP contribution in [0.15, 0.2) is 24.3 Å². The molecule has 25 heavy (non-hydrogen) atoms. The molecule has 0 radical (unpaired) electrons. The van der Waals surface area contributed by atoms with Crippen LogP contribution in [0, 0.1) is 18.8 Å². The first-order valence-corrected chi connectivity index (χ1v) is 10.7. The fourth-order valence-electron chi connectivity index (χ4n) is 3.99. The lowest BCUT2D eigenvalue weighted by Crippen LogP contribution is -2.68. The predicted molar refractivity (Wildman–Crippen MR) is 95.3 cm³/mol. The monoisotopic (exact) mass is 363 g/mol. The van der Waals surface area contributed by atoms with Crippen molar-refractivity contribution in [3.8, 4) is 0 Å². The Labute approximate surface area is 149 Å². The van der Waals surface area contributed by atoms with Gasteiger partial charge < -0.3 is 9.64 Å². The molecule has 0 bridgehead atoms. The quantitative estimate of drug-likeness (QED) is 0.803. The summed E-state index contributed by atoms with van der Waals surface area (Å²) in [5.74, 6) is 0.829. The molecule has 1 spiro atoms. The van der Waals surface area contributed by atoms with Gasteiger partial charge in [-0.15, -0.1) is 0 Å². The Morgan fingerprint density at radius 3 is 2.48 bits per heavy atom. The summed E-state index contributed by atoms with van der Waals surface area (Å²) in [6.07, 6.45) is 3.11. The van der Waals surface area contributed by atoms with E-state index in [0.29, 0.717) is 37.6 Å². The van der Waals surface area contributed by atoms with Gasteiger partial charge in [0.25, 0.3) is 5.91 Å². The molecule has 3 aliphatic rings. The zero-order valence-electron chi connectivity index (χ0n) is 14.6. The fourth-order valence-corrected chi connectivity index (χ4v) is 6.39. The van der Waals surface area contributed by atoms with Crippen LogP contribution in [0.2, 0.25) is 0 Å². The first kappa shape index (κ1) is 17.0. The van der Waals surface area contributed by atoms with Gasteiger partial charge in [-0.2, -0.15) is 0 Å². The van der Waals surface area contributed by atoms with E-state index in [4.69, 9.17) is 4.74 Å². The summed E-state index contributed by atoms with van der Waals surface area (Å²) in [6.45, 7) is 3.84. The average molecular weight is 363 g/mol. The van der Waals surface area contributed by atoms with Crippen molar-refractivity contribution in [1.82, 2.24) is 4.90 Å². The number of carbonyl (C=O) groups excluding carboxylic acids is 1. The van der Waals surface area contributed by atoms with E-state index in [2.05, 4.69) is 0 Å². The van der Waals surface area contributed by atoms with Gasteiger partial charge in [-0.1, -0.05) is 17.7 Å².